The Labute approximate surface area is 126 Å². The Morgan fingerprint density at radius 1 is 1.09 bits per heavy atom. The molecule has 3 aromatic heterocycles. The highest BCUT2D eigenvalue weighted by molar-refractivity contribution is 5.83. The highest BCUT2D eigenvalue weighted by Crippen LogP contribution is 2.24. The number of aryl methyl sites for hydroxylation is 2. The van der Waals surface area contributed by atoms with Gasteiger partial charge in [-0.3, -0.25) is 4.98 Å². The van der Waals surface area contributed by atoms with Crippen molar-refractivity contribution in [1.29, 1.82) is 0 Å². The number of nitrogens with zero attached hydrogens (tertiary/aromatic N) is 5. The Morgan fingerprint density at radius 3 is 2.73 bits per heavy atom. The molecule has 6 heteroatoms. The standard InChI is InChI=1S/C16H14N6/c1-10-7-12(22-9-18-11(2)21-22)8-14-15(10)20-16(19-14)13-5-3-4-6-17-13/h3-9H,1-2H3,(H,19,20). The summed E-state index contributed by atoms with van der Waals surface area (Å²) in [5.74, 6) is 1.52. The van der Waals surface area contributed by atoms with E-state index in [2.05, 4.69) is 31.1 Å². The van der Waals surface area contributed by atoms with Crippen LogP contribution in [0.25, 0.3) is 28.2 Å². The molecule has 0 saturated carbocycles. The fourth-order valence-electron chi connectivity index (χ4n) is 2.50. The van der Waals surface area contributed by atoms with Crippen molar-refractivity contribution >= 4 is 11.0 Å². The summed E-state index contributed by atoms with van der Waals surface area (Å²) in [6.07, 6.45) is 3.48. The topological polar surface area (TPSA) is 72.3 Å². The molecule has 0 aliphatic heterocycles. The first-order valence-corrected chi connectivity index (χ1v) is 7.01. The van der Waals surface area contributed by atoms with Crippen molar-refractivity contribution in [3.8, 4) is 17.2 Å². The van der Waals surface area contributed by atoms with E-state index in [0.717, 1.165) is 39.6 Å². The van der Waals surface area contributed by atoms with Gasteiger partial charge >= 0.3 is 0 Å². The van der Waals surface area contributed by atoms with Crippen molar-refractivity contribution in [3.63, 3.8) is 0 Å². The van der Waals surface area contributed by atoms with Gasteiger partial charge in [0, 0.05) is 6.20 Å². The third-order valence-corrected chi connectivity index (χ3v) is 3.54. The van der Waals surface area contributed by atoms with E-state index in [1.165, 1.54) is 0 Å². The van der Waals surface area contributed by atoms with Gasteiger partial charge in [0.15, 0.2) is 5.82 Å². The summed E-state index contributed by atoms with van der Waals surface area (Å²) in [6.45, 7) is 3.91. The van der Waals surface area contributed by atoms with Gasteiger partial charge in [-0.05, 0) is 43.7 Å². The lowest BCUT2D eigenvalue weighted by molar-refractivity contribution is 0.863. The fourth-order valence-corrected chi connectivity index (χ4v) is 2.50. The first kappa shape index (κ1) is 12.7. The lowest BCUT2D eigenvalue weighted by Gasteiger charge is -2.02. The molecule has 6 nitrogen and oxygen atoms in total. The number of fused-ring (bicyclic) bond motifs is 1. The molecule has 0 saturated heterocycles. The molecule has 3 heterocycles. The summed E-state index contributed by atoms with van der Waals surface area (Å²) < 4.78 is 1.77. The van der Waals surface area contributed by atoms with Crippen molar-refractivity contribution in [2.24, 2.45) is 0 Å². The number of benzene rings is 1. The molecule has 0 aliphatic rings. The number of hydrogen-bond acceptors (Lipinski definition) is 4. The van der Waals surface area contributed by atoms with Crippen LogP contribution >= 0.6 is 0 Å². The predicted molar refractivity (Wildman–Crippen MR) is 83.7 cm³/mol. The molecule has 0 spiro atoms. The van der Waals surface area contributed by atoms with E-state index in [0.29, 0.717) is 0 Å². The van der Waals surface area contributed by atoms with Gasteiger partial charge in [-0.15, -0.1) is 0 Å². The van der Waals surface area contributed by atoms with Crippen LogP contribution in [-0.2, 0) is 0 Å². The number of hydrogen-bond donors (Lipinski definition) is 1. The van der Waals surface area contributed by atoms with Gasteiger partial charge in [-0.1, -0.05) is 6.07 Å². The molecule has 1 N–H and O–H groups in total. The maximum atomic E-state index is 4.66. The SMILES string of the molecule is Cc1ncn(-c2cc(C)c3nc(-c4ccccn4)[nH]c3c2)n1. The second kappa shape index (κ2) is 4.77. The van der Waals surface area contributed by atoms with Gasteiger partial charge in [0.25, 0.3) is 0 Å². The van der Waals surface area contributed by atoms with Gasteiger partial charge in [0.05, 0.1) is 16.7 Å². The lowest BCUT2D eigenvalue weighted by atomic mass is 10.2. The predicted octanol–water partition coefficient (Wildman–Crippen LogP) is 2.82. The summed E-state index contributed by atoms with van der Waals surface area (Å²) in [6, 6.07) is 9.86. The minimum absolute atomic E-state index is 0.747. The Morgan fingerprint density at radius 2 is 2.00 bits per heavy atom. The van der Waals surface area contributed by atoms with Crippen LogP contribution in [0, 0.1) is 13.8 Å². The highest BCUT2D eigenvalue weighted by Gasteiger charge is 2.10. The van der Waals surface area contributed by atoms with Gasteiger partial charge in [0.1, 0.15) is 17.8 Å². The second-order valence-electron chi connectivity index (χ2n) is 5.20. The number of aromatic amines is 1. The molecule has 4 aromatic rings. The average molecular weight is 290 g/mol. The Kier molecular flexibility index (Phi) is 2.75. The quantitative estimate of drug-likeness (QED) is 0.616. The number of H-pyrrole nitrogens is 1. The van der Waals surface area contributed by atoms with Crippen molar-refractivity contribution in [1.82, 2.24) is 29.7 Å². The monoisotopic (exact) mass is 290 g/mol. The van der Waals surface area contributed by atoms with Crippen LogP contribution in [0.4, 0.5) is 0 Å². The summed E-state index contributed by atoms with van der Waals surface area (Å²) in [5.41, 5.74) is 4.78. The number of pyridine rings is 1. The summed E-state index contributed by atoms with van der Waals surface area (Å²) in [7, 11) is 0. The minimum Gasteiger partial charge on any atom is -0.337 e. The molecular weight excluding hydrogens is 276 g/mol. The molecule has 4 rings (SSSR count). The summed E-state index contributed by atoms with van der Waals surface area (Å²) >= 11 is 0. The van der Waals surface area contributed by atoms with Crippen LogP contribution in [-0.4, -0.2) is 29.7 Å². The summed E-state index contributed by atoms with van der Waals surface area (Å²) in [5, 5.41) is 4.35. The van der Waals surface area contributed by atoms with E-state index in [9.17, 15) is 0 Å². The fraction of sp³-hybridized carbons (Fsp3) is 0.125. The van der Waals surface area contributed by atoms with E-state index in [1.807, 2.05) is 38.1 Å². The van der Waals surface area contributed by atoms with Gasteiger partial charge in [-0.25, -0.2) is 14.6 Å². The molecule has 0 aliphatic carbocycles. The maximum Gasteiger partial charge on any atom is 0.157 e. The molecule has 0 bridgehead atoms. The van der Waals surface area contributed by atoms with Crippen LogP contribution in [0.3, 0.4) is 0 Å². The van der Waals surface area contributed by atoms with Gasteiger partial charge in [0.2, 0.25) is 0 Å². The normalized spacial score (nSPS) is 11.2. The average Bonchev–Trinajstić information content (AvgIpc) is 3.14. The molecule has 0 radical (unpaired) electrons. The Hall–Kier alpha value is -3.02. The summed E-state index contributed by atoms with van der Waals surface area (Å²) in [4.78, 5) is 16.5. The highest BCUT2D eigenvalue weighted by atomic mass is 15.3. The molecule has 0 atom stereocenters. The molecule has 1 aromatic carbocycles. The molecule has 108 valence electrons. The first-order valence-electron chi connectivity index (χ1n) is 7.01. The Balaban J connectivity index is 1.88. The van der Waals surface area contributed by atoms with Crippen LogP contribution in [0.5, 0.6) is 0 Å². The van der Waals surface area contributed by atoms with Crippen LogP contribution in [0.2, 0.25) is 0 Å². The van der Waals surface area contributed by atoms with E-state index >= 15 is 0 Å². The third kappa shape index (κ3) is 2.05. The van der Waals surface area contributed by atoms with E-state index < -0.39 is 0 Å². The third-order valence-electron chi connectivity index (χ3n) is 3.54. The van der Waals surface area contributed by atoms with Crippen LogP contribution in [0.15, 0.2) is 42.9 Å². The number of nitrogens with one attached hydrogen (secondary N) is 1. The van der Waals surface area contributed by atoms with E-state index in [4.69, 9.17) is 0 Å². The number of rotatable bonds is 2. The van der Waals surface area contributed by atoms with E-state index in [-0.39, 0.29) is 0 Å². The maximum absolute atomic E-state index is 4.66. The van der Waals surface area contributed by atoms with Gasteiger partial charge < -0.3 is 4.98 Å². The smallest absolute Gasteiger partial charge is 0.157 e. The largest absolute Gasteiger partial charge is 0.337 e. The van der Waals surface area contributed by atoms with Crippen molar-refractivity contribution in [2.75, 3.05) is 0 Å². The Bertz CT molecular complexity index is 951. The number of aromatic nitrogens is 6. The molecule has 0 unspecified atom stereocenters. The molecule has 0 amide bonds. The molecule has 22 heavy (non-hydrogen) atoms. The molecular formula is C16H14N6. The number of imidazole rings is 1. The van der Waals surface area contributed by atoms with Crippen LogP contribution in [0.1, 0.15) is 11.4 Å². The zero-order valence-electron chi connectivity index (χ0n) is 12.3. The lowest BCUT2D eigenvalue weighted by Crippen LogP contribution is -1.96. The zero-order chi connectivity index (χ0) is 15.1. The zero-order valence-corrected chi connectivity index (χ0v) is 12.3. The van der Waals surface area contributed by atoms with Crippen LogP contribution < -0.4 is 0 Å². The van der Waals surface area contributed by atoms with E-state index in [1.54, 1.807) is 17.2 Å². The van der Waals surface area contributed by atoms with Crippen molar-refractivity contribution in [3.05, 3.63) is 54.2 Å². The van der Waals surface area contributed by atoms with Crippen molar-refractivity contribution < 1.29 is 0 Å². The van der Waals surface area contributed by atoms with Gasteiger partial charge in [-0.2, -0.15) is 5.10 Å². The molecule has 0 fully saturated rings. The minimum atomic E-state index is 0.747. The first-order chi connectivity index (χ1) is 10.7. The van der Waals surface area contributed by atoms with Crippen molar-refractivity contribution in [2.45, 2.75) is 13.8 Å². The second-order valence-corrected chi connectivity index (χ2v) is 5.20.